The van der Waals surface area contributed by atoms with Crippen LogP contribution in [-0.4, -0.2) is 22.5 Å². The van der Waals surface area contributed by atoms with E-state index in [-0.39, 0.29) is 17.7 Å². The number of anilines is 1. The average Bonchev–Trinajstić information content (AvgIpc) is 2.91. The first-order valence-corrected chi connectivity index (χ1v) is 9.71. The van der Waals surface area contributed by atoms with E-state index in [1.54, 1.807) is 0 Å². The van der Waals surface area contributed by atoms with Gasteiger partial charge in [-0.25, -0.2) is 0 Å². The van der Waals surface area contributed by atoms with Crippen LogP contribution in [0.2, 0.25) is 0 Å². The SMILES string of the molecule is C[C@@]1(O)CC[C@]23C(=O)[C@H]1CC[C@H]2N(Cc1ccccc1)c1ccccc13. The molecule has 2 aromatic carbocycles. The Morgan fingerprint density at radius 3 is 2.58 bits per heavy atom. The van der Waals surface area contributed by atoms with Crippen LogP contribution in [0.15, 0.2) is 54.6 Å². The lowest BCUT2D eigenvalue weighted by molar-refractivity contribution is -0.151. The zero-order valence-corrected chi connectivity index (χ0v) is 15.2. The molecule has 134 valence electrons. The number of carbonyl (C=O) groups is 1. The lowest BCUT2D eigenvalue weighted by atomic mass is 9.53. The number of para-hydroxylation sites is 1. The van der Waals surface area contributed by atoms with Crippen molar-refractivity contribution in [3.63, 3.8) is 0 Å². The number of carbonyl (C=O) groups excluding carboxylic acids is 1. The summed E-state index contributed by atoms with van der Waals surface area (Å²) in [4.78, 5) is 16.1. The molecule has 0 aromatic heterocycles. The highest BCUT2D eigenvalue weighted by atomic mass is 16.3. The zero-order valence-electron chi connectivity index (χ0n) is 15.2. The van der Waals surface area contributed by atoms with Gasteiger partial charge in [0.15, 0.2) is 5.78 Å². The van der Waals surface area contributed by atoms with Gasteiger partial charge in [0.25, 0.3) is 0 Å². The van der Waals surface area contributed by atoms with Crippen LogP contribution in [-0.2, 0) is 16.8 Å². The van der Waals surface area contributed by atoms with Crippen LogP contribution in [0.25, 0.3) is 0 Å². The molecule has 3 aliphatic rings. The molecule has 1 spiro atoms. The second-order valence-electron chi connectivity index (χ2n) is 8.47. The van der Waals surface area contributed by atoms with Crippen molar-refractivity contribution in [1.29, 1.82) is 0 Å². The molecular formula is C23H25NO2. The van der Waals surface area contributed by atoms with Gasteiger partial charge in [-0.3, -0.25) is 4.79 Å². The van der Waals surface area contributed by atoms with E-state index in [9.17, 15) is 9.90 Å². The van der Waals surface area contributed by atoms with Crippen LogP contribution in [0.3, 0.4) is 0 Å². The monoisotopic (exact) mass is 347 g/mol. The average molecular weight is 347 g/mol. The number of nitrogens with zero attached hydrogens (tertiary/aromatic N) is 1. The Hall–Kier alpha value is -2.13. The predicted molar refractivity (Wildman–Crippen MR) is 102 cm³/mol. The summed E-state index contributed by atoms with van der Waals surface area (Å²) in [6, 6.07) is 19.2. The fraction of sp³-hybridized carbons (Fsp3) is 0.435. The summed E-state index contributed by atoms with van der Waals surface area (Å²) in [6.07, 6.45) is 3.21. The Labute approximate surface area is 154 Å². The minimum Gasteiger partial charge on any atom is -0.389 e. The van der Waals surface area contributed by atoms with Gasteiger partial charge in [0.05, 0.1) is 11.0 Å². The van der Waals surface area contributed by atoms with E-state index in [2.05, 4.69) is 53.4 Å². The third-order valence-electron chi connectivity index (χ3n) is 7.10. The normalized spacial score (nSPS) is 35.2. The Bertz CT molecular complexity index is 860. The van der Waals surface area contributed by atoms with Gasteiger partial charge in [-0.1, -0.05) is 48.5 Å². The number of aliphatic hydroxyl groups is 1. The standard InChI is InChI=1S/C23H25NO2/c1-22(26)13-14-23-17-9-5-6-10-19(17)24(15-16-7-3-2-4-8-16)20(23)12-11-18(22)21(23)25/h2-10,18,20,26H,11-15H2,1H3/t18-,20-,22-,23-/m1/s1. The van der Waals surface area contributed by atoms with Crippen molar-refractivity contribution in [2.75, 3.05) is 4.90 Å². The van der Waals surface area contributed by atoms with E-state index in [0.29, 0.717) is 6.42 Å². The smallest absolute Gasteiger partial charge is 0.151 e. The van der Waals surface area contributed by atoms with E-state index in [0.717, 1.165) is 25.8 Å². The molecule has 2 saturated carbocycles. The van der Waals surface area contributed by atoms with Crippen LogP contribution in [0.5, 0.6) is 0 Å². The summed E-state index contributed by atoms with van der Waals surface area (Å²) >= 11 is 0. The minimum atomic E-state index is -0.852. The van der Waals surface area contributed by atoms with Gasteiger partial charge >= 0.3 is 0 Å². The molecule has 0 radical (unpaired) electrons. The molecule has 4 atom stereocenters. The summed E-state index contributed by atoms with van der Waals surface area (Å²) in [5.74, 6) is 0.0465. The molecule has 0 saturated heterocycles. The highest BCUT2D eigenvalue weighted by molar-refractivity contribution is 5.99. The van der Waals surface area contributed by atoms with E-state index in [1.165, 1.54) is 16.8 Å². The molecule has 1 N–H and O–H groups in total. The molecule has 0 amide bonds. The maximum absolute atomic E-state index is 13.6. The van der Waals surface area contributed by atoms with Crippen LogP contribution in [0.4, 0.5) is 5.69 Å². The van der Waals surface area contributed by atoms with Gasteiger partial charge in [0.2, 0.25) is 0 Å². The third-order valence-corrected chi connectivity index (χ3v) is 7.10. The molecule has 0 unspecified atom stereocenters. The predicted octanol–water partition coefficient (Wildman–Crippen LogP) is 3.84. The number of benzene rings is 2. The Balaban J connectivity index is 1.62. The van der Waals surface area contributed by atoms with Crippen molar-refractivity contribution in [3.05, 3.63) is 65.7 Å². The molecule has 2 aromatic rings. The van der Waals surface area contributed by atoms with Gasteiger partial charge in [-0.15, -0.1) is 0 Å². The summed E-state index contributed by atoms with van der Waals surface area (Å²) in [6.45, 7) is 2.68. The van der Waals surface area contributed by atoms with Crippen molar-refractivity contribution in [2.45, 2.75) is 56.2 Å². The molecule has 2 fully saturated rings. The van der Waals surface area contributed by atoms with Crippen molar-refractivity contribution in [2.24, 2.45) is 5.92 Å². The highest BCUT2D eigenvalue weighted by Crippen LogP contribution is 2.59. The fourth-order valence-corrected chi connectivity index (χ4v) is 5.80. The number of ketones is 1. The van der Waals surface area contributed by atoms with Crippen molar-refractivity contribution in [1.82, 2.24) is 0 Å². The quantitative estimate of drug-likeness (QED) is 0.897. The van der Waals surface area contributed by atoms with E-state index < -0.39 is 11.0 Å². The highest BCUT2D eigenvalue weighted by Gasteiger charge is 2.64. The zero-order chi connectivity index (χ0) is 17.9. The molecule has 5 rings (SSSR count). The van der Waals surface area contributed by atoms with Crippen LogP contribution in [0, 0.1) is 5.92 Å². The molecule has 1 aliphatic heterocycles. The Morgan fingerprint density at radius 2 is 1.77 bits per heavy atom. The molecule has 3 nitrogen and oxygen atoms in total. The van der Waals surface area contributed by atoms with Crippen molar-refractivity contribution >= 4 is 11.5 Å². The summed E-state index contributed by atoms with van der Waals surface area (Å²) in [5.41, 5.74) is 2.38. The Kier molecular flexibility index (Phi) is 3.36. The molecule has 3 heteroatoms. The van der Waals surface area contributed by atoms with Gasteiger partial charge in [-0.2, -0.15) is 0 Å². The first kappa shape index (κ1) is 16.1. The maximum Gasteiger partial charge on any atom is 0.151 e. The largest absolute Gasteiger partial charge is 0.389 e. The number of Topliss-reactive ketones (excluding diaryl/α,β-unsaturated/α-hetero) is 1. The topological polar surface area (TPSA) is 40.5 Å². The minimum absolute atomic E-state index is 0.208. The number of hydrogen-bond acceptors (Lipinski definition) is 3. The van der Waals surface area contributed by atoms with Crippen molar-refractivity contribution in [3.8, 4) is 0 Å². The van der Waals surface area contributed by atoms with E-state index >= 15 is 0 Å². The summed E-state index contributed by atoms with van der Waals surface area (Å²) in [5, 5.41) is 10.8. The maximum atomic E-state index is 13.6. The second kappa shape index (κ2) is 5.43. The molecule has 1 heterocycles. The number of fused-ring (bicyclic) bond motifs is 2. The first-order chi connectivity index (χ1) is 12.5. The third kappa shape index (κ3) is 2.01. The molecular weight excluding hydrogens is 322 g/mol. The van der Waals surface area contributed by atoms with Gasteiger partial charge in [-0.05, 0) is 49.8 Å². The first-order valence-electron chi connectivity index (χ1n) is 9.71. The van der Waals surface area contributed by atoms with Gasteiger partial charge < -0.3 is 10.0 Å². The molecule has 26 heavy (non-hydrogen) atoms. The Morgan fingerprint density at radius 1 is 1.04 bits per heavy atom. The van der Waals surface area contributed by atoms with E-state index in [4.69, 9.17) is 0 Å². The van der Waals surface area contributed by atoms with Crippen LogP contribution >= 0.6 is 0 Å². The lowest BCUT2D eigenvalue weighted by Gasteiger charge is -2.52. The lowest BCUT2D eigenvalue weighted by Crippen LogP contribution is -2.63. The molecule has 2 bridgehead atoms. The van der Waals surface area contributed by atoms with Gasteiger partial charge in [0.1, 0.15) is 0 Å². The van der Waals surface area contributed by atoms with E-state index in [1.807, 2.05) is 13.0 Å². The van der Waals surface area contributed by atoms with Gasteiger partial charge in [0, 0.05) is 24.2 Å². The number of hydrogen-bond donors (Lipinski definition) is 1. The van der Waals surface area contributed by atoms with Crippen LogP contribution in [0.1, 0.15) is 43.7 Å². The summed E-state index contributed by atoms with van der Waals surface area (Å²) < 4.78 is 0. The van der Waals surface area contributed by atoms with Crippen molar-refractivity contribution < 1.29 is 9.90 Å². The second-order valence-corrected chi connectivity index (χ2v) is 8.47. The summed E-state index contributed by atoms with van der Waals surface area (Å²) in [7, 11) is 0. The fourth-order valence-electron chi connectivity index (χ4n) is 5.80. The molecule has 2 aliphatic carbocycles. The van der Waals surface area contributed by atoms with Crippen LogP contribution < -0.4 is 4.90 Å². The number of rotatable bonds is 2.